The summed E-state index contributed by atoms with van der Waals surface area (Å²) in [4.78, 5) is 10.7. The van der Waals surface area contributed by atoms with E-state index in [1.54, 1.807) is 11.9 Å². The van der Waals surface area contributed by atoms with Crippen molar-refractivity contribution in [2.75, 3.05) is 20.1 Å². The van der Waals surface area contributed by atoms with Crippen molar-refractivity contribution >= 4 is 5.91 Å². The maximum Gasteiger partial charge on any atom is 0.233 e. The number of carbonyl (C=O) groups is 1. The highest BCUT2D eigenvalue weighted by Gasteiger charge is 2.19. The van der Waals surface area contributed by atoms with Gasteiger partial charge in [-0.15, -0.1) is 0 Å². The lowest BCUT2D eigenvalue weighted by Gasteiger charge is -2.21. The van der Waals surface area contributed by atoms with Gasteiger partial charge in [-0.05, 0) is 6.42 Å². The Hall–Kier alpha value is -0.570. The topological polar surface area (TPSA) is 23.6 Å². The first kappa shape index (κ1) is 14.9. The van der Waals surface area contributed by atoms with Crippen LogP contribution in [0.4, 0.5) is 0 Å². The second-order valence-corrected chi connectivity index (χ2v) is 2.38. The van der Waals surface area contributed by atoms with Crippen LogP contribution in [-0.4, -0.2) is 36.1 Å². The highest BCUT2D eigenvalue weighted by molar-refractivity contribution is 5.72. The van der Waals surface area contributed by atoms with E-state index in [0.29, 0.717) is 0 Å². The van der Waals surface area contributed by atoms with Gasteiger partial charge in [-0.25, -0.2) is 5.01 Å². The zero-order valence-electron chi connectivity index (χ0n) is 9.92. The fourth-order valence-electron chi connectivity index (χ4n) is 1.14. The summed E-state index contributed by atoms with van der Waals surface area (Å²) in [7, 11) is 1.94. The smallest absolute Gasteiger partial charge is 0.233 e. The van der Waals surface area contributed by atoms with Gasteiger partial charge in [0.2, 0.25) is 5.91 Å². The van der Waals surface area contributed by atoms with E-state index in [2.05, 4.69) is 0 Å². The van der Waals surface area contributed by atoms with Crippen LogP contribution < -0.4 is 0 Å². The van der Waals surface area contributed by atoms with E-state index in [9.17, 15) is 4.79 Å². The van der Waals surface area contributed by atoms with Crippen LogP contribution in [0.25, 0.3) is 0 Å². The molecule has 1 saturated heterocycles. The molecule has 0 aromatic rings. The van der Waals surface area contributed by atoms with Gasteiger partial charge in [-0.1, -0.05) is 27.7 Å². The van der Waals surface area contributed by atoms with Crippen molar-refractivity contribution in [2.45, 2.75) is 41.0 Å². The number of hydrogen-bond donors (Lipinski definition) is 0. The molecular weight excluding hydrogens is 164 g/mol. The summed E-state index contributed by atoms with van der Waals surface area (Å²) in [5, 5.41) is 3.72. The summed E-state index contributed by atoms with van der Waals surface area (Å²) in [6.45, 7) is 11.5. The average Bonchev–Trinajstić information content (AvgIpc) is 2.58. The van der Waals surface area contributed by atoms with E-state index < -0.39 is 0 Å². The van der Waals surface area contributed by atoms with Crippen LogP contribution in [-0.2, 0) is 4.79 Å². The summed E-state index contributed by atoms with van der Waals surface area (Å²) >= 11 is 0. The minimum atomic E-state index is 0.148. The Morgan fingerprint density at radius 1 is 1.08 bits per heavy atom. The number of rotatable bonds is 0. The van der Waals surface area contributed by atoms with Gasteiger partial charge in [0.15, 0.2) is 0 Å². The van der Waals surface area contributed by atoms with Crippen LogP contribution >= 0.6 is 0 Å². The van der Waals surface area contributed by atoms with Crippen molar-refractivity contribution in [3.05, 3.63) is 0 Å². The van der Waals surface area contributed by atoms with Crippen LogP contribution in [0.15, 0.2) is 0 Å². The molecule has 80 valence electrons. The molecule has 3 heteroatoms. The van der Waals surface area contributed by atoms with Crippen LogP contribution in [0, 0.1) is 0 Å². The first-order valence-electron chi connectivity index (χ1n) is 5.21. The molecular formula is C10H24N2O. The van der Waals surface area contributed by atoms with Crippen molar-refractivity contribution in [1.29, 1.82) is 0 Å². The average molecular weight is 188 g/mol. The summed E-state index contributed by atoms with van der Waals surface area (Å²) in [5.41, 5.74) is 0. The highest BCUT2D eigenvalue weighted by atomic mass is 16.2. The summed E-state index contributed by atoms with van der Waals surface area (Å²) in [5.74, 6) is 0.148. The summed E-state index contributed by atoms with van der Waals surface area (Å²) in [6.07, 6.45) is 1.11. The Kier molecular flexibility index (Phi) is 10.9. The molecule has 0 spiro atoms. The lowest BCUT2D eigenvalue weighted by Crippen LogP contribution is -2.36. The van der Waals surface area contributed by atoms with Gasteiger partial charge in [-0.3, -0.25) is 9.80 Å². The zero-order chi connectivity index (χ0) is 10.9. The van der Waals surface area contributed by atoms with Crippen LogP contribution in [0.2, 0.25) is 0 Å². The molecule has 0 N–H and O–H groups in total. The number of amides is 1. The SMILES string of the molecule is CC.CC.CC(=O)N1CCCN1C. The Labute approximate surface area is 82.7 Å². The molecule has 0 aromatic heterocycles. The lowest BCUT2D eigenvalue weighted by molar-refractivity contribution is -0.139. The van der Waals surface area contributed by atoms with E-state index >= 15 is 0 Å². The first-order valence-corrected chi connectivity index (χ1v) is 5.21. The van der Waals surface area contributed by atoms with Crippen LogP contribution in [0.5, 0.6) is 0 Å². The van der Waals surface area contributed by atoms with Gasteiger partial charge in [0, 0.05) is 27.1 Å². The van der Waals surface area contributed by atoms with Gasteiger partial charge in [0.1, 0.15) is 0 Å². The van der Waals surface area contributed by atoms with Gasteiger partial charge in [-0.2, -0.15) is 0 Å². The molecule has 0 aliphatic carbocycles. The number of hydrazine groups is 1. The molecule has 1 aliphatic heterocycles. The van der Waals surface area contributed by atoms with Gasteiger partial charge in [0.25, 0.3) is 0 Å². The van der Waals surface area contributed by atoms with E-state index in [0.717, 1.165) is 19.5 Å². The molecule has 13 heavy (non-hydrogen) atoms. The Morgan fingerprint density at radius 2 is 1.54 bits per heavy atom. The number of carbonyl (C=O) groups excluding carboxylic acids is 1. The molecule has 1 fully saturated rings. The molecule has 1 aliphatic rings. The Bertz CT molecular complexity index is 126. The second-order valence-electron chi connectivity index (χ2n) is 2.38. The summed E-state index contributed by atoms with van der Waals surface area (Å²) in [6, 6.07) is 0. The third-order valence-electron chi connectivity index (χ3n) is 1.63. The van der Waals surface area contributed by atoms with E-state index in [-0.39, 0.29) is 5.91 Å². The third kappa shape index (κ3) is 5.64. The minimum absolute atomic E-state index is 0.148. The zero-order valence-corrected chi connectivity index (χ0v) is 9.92. The van der Waals surface area contributed by atoms with E-state index in [1.807, 2.05) is 39.8 Å². The normalized spacial score (nSPS) is 15.4. The second kappa shape index (κ2) is 9.52. The van der Waals surface area contributed by atoms with E-state index in [1.165, 1.54) is 0 Å². The predicted molar refractivity (Wildman–Crippen MR) is 57.3 cm³/mol. The molecule has 1 rings (SSSR count). The van der Waals surface area contributed by atoms with Gasteiger partial charge in [0.05, 0.1) is 0 Å². The van der Waals surface area contributed by atoms with Crippen molar-refractivity contribution in [3.63, 3.8) is 0 Å². The molecule has 0 saturated carbocycles. The van der Waals surface area contributed by atoms with Crippen molar-refractivity contribution in [1.82, 2.24) is 10.0 Å². The van der Waals surface area contributed by atoms with E-state index in [4.69, 9.17) is 0 Å². The molecule has 3 nitrogen and oxygen atoms in total. The quantitative estimate of drug-likeness (QED) is 0.581. The van der Waals surface area contributed by atoms with Crippen molar-refractivity contribution < 1.29 is 4.79 Å². The standard InChI is InChI=1S/C6H12N2O.2C2H6/c1-6(9)8-5-3-4-7(8)2;2*1-2/h3-5H2,1-2H3;2*1-2H3. The van der Waals surface area contributed by atoms with Crippen LogP contribution in [0.3, 0.4) is 0 Å². The Balaban J connectivity index is 0. The number of nitrogens with zero attached hydrogens (tertiary/aromatic N) is 2. The molecule has 0 atom stereocenters. The fourth-order valence-corrected chi connectivity index (χ4v) is 1.14. The predicted octanol–water partition coefficient (Wildman–Crippen LogP) is 2.14. The van der Waals surface area contributed by atoms with Crippen molar-refractivity contribution in [3.8, 4) is 0 Å². The van der Waals surface area contributed by atoms with Crippen molar-refractivity contribution in [2.24, 2.45) is 0 Å². The minimum Gasteiger partial charge on any atom is -0.276 e. The highest BCUT2D eigenvalue weighted by Crippen LogP contribution is 2.06. The van der Waals surface area contributed by atoms with Gasteiger partial charge >= 0.3 is 0 Å². The maximum absolute atomic E-state index is 10.7. The molecule has 0 bridgehead atoms. The molecule has 0 aromatic carbocycles. The maximum atomic E-state index is 10.7. The summed E-state index contributed by atoms with van der Waals surface area (Å²) < 4.78 is 0. The largest absolute Gasteiger partial charge is 0.276 e. The monoisotopic (exact) mass is 188 g/mol. The molecule has 1 heterocycles. The Morgan fingerprint density at radius 3 is 1.69 bits per heavy atom. The molecule has 0 unspecified atom stereocenters. The van der Waals surface area contributed by atoms with Crippen LogP contribution in [0.1, 0.15) is 41.0 Å². The lowest BCUT2D eigenvalue weighted by atomic mass is 10.4. The molecule has 0 radical (unpaired) electrons. The molecule has 1 amide bonds. The first-order chi connectivity index (χ1) is 6.22. The fraction of sp³-hybridized carbons (Fsp3) is 0.900. The number of hydrogen-bond acceptors (Lipinski definition) is 2. The van der Waals surface area contributed by atoms with Gasteiger partial charge < -0.3 is 0 Å². The third-order valence-corrected chi connectivity index (χ3v) is 1.63.